The third kappa shape index (κ3) is 2.59. The van der Waals surface area contributed by atoms with Crippen molar-refractivity contribution in [2.24, 2.45) is 0 Å². The smallest absolute Gasteiger partial charge is 0.137 e. The van der Waals surface area contributed by atoms with Crippen LogP contribution in [0.2, 0.25) is 0 Å². The molecule has 1 atom stereocenters. The maximum absolute atomic E-state index is 4.38. The van der Waals surface area contributed by atoms with Gasteiger partial charge in [-0.25, -0.2) is 4.98 Å². The first-order valence-electron chi connectivity index (χ1n) is 4.88. The minimum absolute atomic E-state index is 0.385. The standard InChI is InChI=1S/C11H13N3S/c15-7-11(6-14-9-12-8-13-14)10-4-2-1-3-5-10/h1-5,8-9,11,15H,6-7H2. The van der Waals surface area contributed by atoms with Crippen molar-refractivity contribution < 1.29 is 0 Å². The first-order chi connectivity index (χ1) is 7.40. The Labute approximate surface area is 94.6 Å². The summed E-state index contributed by atoms with van der Waals surface area (Å²) in [6, 6.07) is 10.4. The Bertz CT molecular complexity index is 385. The lowest BCUT2D eigenvalue weighted by Gasteiger charge is -2.14. The molecule has 78 valence electrons. The van der Waals surface area contributed by atoms with Gasteiger partial charge >= 0.3 is 0 Å². The number of aromatic nitrogens is 3. The van der Waals surface area contributed by atoms with E-state index < -0.39 is 0 Å². The molecule has 0 N–H and O–H groups in total. The summed E-state index contributed by atoms with van der Waals surface area (Å²) in [6.07, 6.45) is 3.29. The molecular weight excluding hydrogens is 206 g/mol. The monoisotopic (exact) mass is 219 g/mol. The summed E-state index contributed by atoms with van der Waals surface area (Å²) in [6.45, 7) is 0.827. The number of hydrogen-bond donors (Lipinski definition) is 1. The van der Waals surface area contributed by atoms with Crippen LogP contribution in [0.1, 0.15) is 11.5 Å². The Balaban J connectivity index is 2.12. The number of hydrogen-bond acceptors (Lipinski definition) is 3. The number of rotatable bonds is 4. The van der Waals surface area contributed by atoms with E-state index in [1.54, 1.807) is 12.7 Å². The zero-order valence-electron chi connectivity index (χ0n) is 8.32. The lowest BCUT2D eigenvalue weighted by atomic mass is 10.0. The molecule has 4 heteroatoms. The topological polar surface area (TPSA) is 30.7 Å². The Morgan fingerprint density at radius 1 is 1.27 bits per heavy atom. The first-order valence-corrected chi connectivity index (χ1v) is 5.51. The van der Waals surface area contributed by atoms with E-state index >= 15 is 0 Å². The summed E-state index contributed by atoms with van der Waals surface area (Å²) in [7, 11) is 0. The minimum atomic E-state index is 0.385. The first kappa shape index (κ1) is 10.2. The minimum Gasteiger partial charge on any atom is -0.252 e. The second kappa shape index (κ2) is 4.98. The molecule has 15 heavy (non-hydrogen) atoms. The van der Waals surface area contributed by atoms with Crippen LogP contribution in [0.3, 0.4) is 0 Å². The second-order valence-electron chi connectivity index (χ2n) is 3.41. The molecule has 0 saturated carbocycles. The van der Waals surface area contributed by atoms with Crippen LogP contribution in [0.15, 0.2) is 43.0 Å². The molecule has 0 aliphatic carbocycles. The fourth-order valence-corrected chi connectivity index (χ4v) is 1.87. The van der Waals surface area contributed by atoms with Crippen LogP contribution < -0.4 is 0 Å². The van der Waals surface area contributed by atoms with Crippen molar-refractivity contribution in [3.05, 3.63) is 48.5 Å². The second-order valence-corrected chi connectivity index (χ2v) is 3.77. The molecule has 0 amide bonds. The maximum atomic E-state index is 4.38. The largest absolute Gasteiger partial charge is 0.252 e. The molecule has 0 aliphatic rings. The van der Waals surface area contributed by atoms with Crippen LogP contribution in [-0.4, -0.2) is 20.5 Å². The van der Waals surface area contributed by atoms with Gasteiger partial charge in [-0.1, -0.05) is 30.3 Å². The SMILES string of the molecule is SCC(Cn1cncn1)c1ccccc1. The third-order valence-corrected chi connectivity index (χ3v) is 2.81. The van der Waals surface area contributed by atoms with Crippen molar-refractivity contribution in [1.29, 1.82) is 0 Å². The van der Waals surface area contributed by atoms with Crippen molar-refractivity contribution in [1.82, 2.24) is 14.8 Å². The molecule has 1 heterocycles. The summed E-state index contributed by atoms with van der Waals surface area (Å²) in [5.41, 5.74) is 1.29. The lowest BCUT2D eigenvalue weighted by molar-refractivity contribution is 0.547. The third-order valence-electron chi connectivity index (χ3n) is 2.37. The normalized spacial score (nSPS) is 12.6. The molecule has 1 aromatic heterocycles. The predicted molar refractivity (Wildman–Crippen MR) is 63.1 cm³/mol. The van der Waals surface area contributed by atoms with Crippen LogP contribution >= 0.6 is 12.6 Å². The summed E-state index contributed by atoms with van der Waals surface area (Å²) in [4.78, 5) is 3.93. The van der Waals surface area contributed by atoms with Gasteiger partial charge < -0.3 is 0 Å². The highest BCUT2D eigenvalue weighted by Gasteiger charge is 2.10. The van der Waals surface area contributed by atoms with Gasteiger partial charge in [0, 0.05) is 5.92 Å². The molecule has 0 bridgehead atoms. The fraction of sp³-hybridized carbons (Fsp3) is 0.273. The van der Waals surface area contributed by atoms with Crippen LogP contribution in [0.5, 0.6) is 0 Å². The van der Waals surface area contributed by atoms with Crippen molar-refractivity contribution in [3.8, 4) is 0 Å². The average Bonchev–Trinajstić information content (AvgIpc) is 2.80. The highest BCUT2D eigenvalue weighted by atomic mass is 32.1. The van der Waals surface area contributed by atoms with Gasteiger partial charge in [-0.2, -0.15) is 17.7 Å². The zero-order valence-corrected chi connectivity index (χ0v) is 9.22. The van der Waals surface area contributed by atoms with Gasteiger partial charge in [-0.05, 0) is 11.3 Å². The molecule has 0 fully saturated rings. The van der Waals surface area contributed by atoms with Crippen LogP contribution in [0.25, 0.3) is 0 Å². The summed E-state index contributed by atoms with van der Waals surface area (Å²) < 4.78 is 1.84. The maximum Gasteiger partial charge on any atom is 0.137 e. The van der Waals surface area contributed by atoms with Gasteiger partial charge in [0.05, 0.1) is 6.54 Å². The van der Waals surface area contributed by atoms with E-state index in [2.05, 4.69) is 34.8 Å². The molecular formula is C11H13N3S. The van der Waals surface area contributed by atoms with E-state index in [9.17, 15) is 0 Å². The van der Waals surface area contributed by atoms with Gasteiger partial charge in [0.1, 0.15) is 12.7 Å². The Kier molecular flexibility index (Phi) is 3.40. The molecule has 0 aliphatic heterocycles. The van der Waals surface area contributed by atoms with Gasteiger partial charge in [0.2, 0.25) is 0 Å². The highest BCUT2D eigenvalue weighted by Crippen LogP contribution is 2.18. The van der Waals surface area contributed by atoms with E-state index in [1.807, 2.05) is 22.9 Å². The van der Waals surface area contributed by atoms with E-state index in [-0.39, 0.29) is 0 Å². The van der Waals surface area contributed by atoms with Gasteiger partial charge in [0.25, 0.3) is 0 Å². The summed E-state index contributed by atoms with van der Waals surface area (Å²) in [5, 5.41) is 4.10. The van der Waals surface area contributed by atoms with E-state index in [0.717, 1.165) is 12.3 Å². The van der Waals surface area contributed by atoms with Gasteiger partial charge in [-0.15, -0.1) is 0 Å². The number of nitrogens with zero attached hydrogens (tertiary/aromatic N) is 3. The number of benzene rings is 1. The molecule has 1 aromatic carbocycles. The molecule has 0 saturated heterocycles. The van der Waals surface area contributed by atoms with E-state index in [0.29, 0.717) is 5.92 Å². The molecule has 1 unspecified atom stereocenters. The number of thiol groups is 1. The Morgan fingerprint density at radius 3 is 2.67 bits per heavy atom. The van der Waals surface area contributed by atoms with Crippen molar-refractivity contribution in [2.75, 3.05) is 5.75 Å². The molecule has 2 aromatic rings. The van der Waals surface area contributed by atoms with Gasteiger partial charge in [0.15, 0.2) is 0 Å². The van der Waals surface area contributed by atoms with Crippen LogP contribution in [-0.2, 0) is 6.54 Å². The Morgan fingerprint density at radius 2 is 2.07 bits per heavy atom. The van der Waals surface area contributed by atoms with Crippen molar-refractivity contribution >= 4 is 12.6 Å². The fourth-order valence-electron chi connectivity index (χ4n) is 1.55. The summed E-state index contributed by atoms with van der Waals surface area (Å²) >= 11 is 4.38. The molecule has 0 spiro atoms. The zero-order chi connectivity index (χ0) is 10.5. The quantitative estimate of drug-likeness (QED) is 0.797. The van der Waals surface area contributed by atoms with Crippen LogP contribution in [0.4, 0.5) is 0 Å². The lowest BCUT2D eigenvalue weighted by Crippen LogP contribution is -2.11. The average molecular weight is 219 g/mol. The van der Waals surface area contributed by atoms with Crippen LogP contribution in [0, 0.1) is 0 Å². The van der Waals surface area contributed by atoms with Crippen molar-refractivity contribution in [2.45, 2.75) is 12.5 Å². The van der Waals surface area contributed by atoms with E-state index in [1.165, 1.54) is 5.56 Å². The predicted octanol–water partition coefficient (Wildman–Crippen LogP) is 1.99. The highest BCUT2D eigenvalue weighted by molar-refractivity contribution is 7.80. The van der Waals surface area contributed by atoms with Gasteiger partial charge in [-0.3, -0.25) is 4.68 Å². The molecule has 3 nitrogen and oxygen atoms in total. The Hall–Kier alpha value is -1.29. The summed E-state index contributed by atoms with van der Waals surface area (Å²) in [5.74, 6) is 1.19. The molecule has 0 radical (unpaired) electrons. The molecule has 2 rings (SSSR count). The van der Waals surface area contributed by atoms with Crippen molar-refractivity contribution in [3.63, 3.8) is 0 Å². The van der Waals surface area contributed by atoms with E-state index in [4.69, 9.17) is 0 Å².